The molecule has 5 rings (SSSR count). The molecule has 1 aliphatic rings. The Morgan fingerprint density at radius 3 is 0.375 bits per heavy atom. The van der Waals surface area contributed by atoms with E-state index in [1.54, 1.807) is 0 Å². The highest BCUT2D eigenvalue weighted by Crippen LogP contribution is 2.40. The summed E-state index contributed by atoms with van der Waals surface area (Å²) in [6.07, 6.45) is 90.6. The number of unbranched alkanes of at least 4 members (excludes halogenated alkanes) is 60. The van der Waals surface area contributed by atoms with Gasteiger partial charge in [0.2, 0.25) is 0 Å². The van der Waals surface area contributed by atoms with Crippen LogP contribution in [0.25, 0.3) is 0 Å². The standard InChI is InChI=1S/C100H168O4/c1-5-9-13-17-21-25-29-33-37-41-45-49-53-57-61-65-81-101-97-89-73-69-74-90(97)86-92-76-71-78-94(99(92)103-83-67-63-59-55-51-47-43-39-35-31-27-23-19-15-11-7-3)88-96-80-72-79-95(100(96)104-84-68-64-60-56-52-48-44-40-36-32-28-24-20-16-12-8-4)87-93-77-70-75-91(85-89)98(93)102-82-66-62-58-54-50-46-42-38-34-30-26-22-18-14-10-6-2/h69-80H,5-68,81-88H2,1-4H3. The smallest absolute Gasteiger partial charge is 0.126 e. The Morgan fingerprint density at radius 1 is 0.154 bits per heavy atom. The first kappa shape index (κ1) is 90.7. The normalized spacial score (nSPS) is 12.2. The van der Waals surface area contributed by atoms with Crippen molar-refractivity contribution < 1.29 is 18.9 Å². The lowest BCUT2D eigenvalue weighted by molar-refractivity contribution is 0.292. The summed E-state index contributed by atoms with van der Waals surface area (Å²) in [4.78, 5) is 0. The fraction of sp³-hybridized carbons (Fsp3) is 0.760. The molecule has 0 heterocycles. The van der Waals surface area contributed by atoms with Crippen molar-refractivity contribution in [1.29, 1.82) is 0 Å². The van der Waals surface area contributed by atoms with Crippen LogP contribution in [0.4, 0.5) is 0 Å². The van der Waals surface area contributed by atoms with E-state index in [9.17, 15) is 0 Å². The molecule has 1 aliphatic carbocycles. The van der Waals surface area contributed by atoms with Gasteiger partial charge in [0.25, 0.3) is 0 Å². The summed E-state index contributed by atoms with van der Waals surface area (Å²) in [6.45, 7) is 12.2. The molecule has 0 atom stereocenters. The second-order valence-electron chi connectivity index (χ2n) is 32.9. The first-order valence-corrected chi connectivity index (χ1v) is 46.6. The predicted molar refractivity (Wildman–Crippen MR) is 457 cm³/mol. The second kappa shape index (κ2) is 66.1. The van der Waals surface area contributed by atoms with Crippen LogP contribution in [0.1, 0.15) is 483 Å². The number of hydrogen-bond donors (Lipinski definition) is 0. The Bertz CT molecular complexity index is 2130. The molecule has 0 spiro atoms. The molecule has 0 aliphatic heterocycles. The summed E-state index contributed by atoms with van der Waals surface area (Å²) in [5, 5.41) is 0. The maximum atomic E-state index is 7.21. The Balaban J connectivity index is 1.29. The molecule has 4 aromatic rings. The Hall–Kier alpha value is -3.92. The van der Waals surface area contributed by atoms with Crippen LogP contribution in [0.2, 0.25) is 0 Å². The summed E-state index contributed by atoms with van der Waals surface area (Å²) in [7, 11) is 0. The van der Waals surface area contributed by atoms with Crippen molar-refractivity contribution in [2.24, 2.45) is 0 Å². The van der Waals surface area contributed by atoms with Gasteiger partial charge >= 0.3 is 0 Å². The van der Waals surface area contributed by atoms with Crippen molar-refractivity contribution in [2.75, 3.05) is 26.4 Å². The molecular formula is C100H168O4. The van der Waals surface area contributed by atoms with E-state index in [0.29, 0.717) is 0 Å². The summed E-state index contributed by atoms with van der Waals surface area (Å²) in [5.41, 5.74) is 10.1. The summed E-state index contributed by atoms with van der Waals surface area (Å²) in [5.74, 6) is 4.27. The minimum Gasteiger partial charge on any atom is -0.493 e. The third kappa shape index (κ3) is 44.5. The first-order chi connectivity index (χ1) is 51.7. The molecule has 4 nitrogen and oxygen atoms in total. The van der Waals surface area contributed by atoms with E-state index in [1.165, 1.54) is 430 Å². The predicted octanol–water partition coefficient (Wildman–Crippen LogP) is 32.9. The number of rotatable bonds is 72. The van der Waals surface area contributed by atoms with Crippen molar-refractivity contribution in [3.63, 3.8) is 0 Å². The lowest BCUT2D eigenvalue weighted by atomic mass is 9.91. The average Bonchev–Trinajstić information content (AvgIpc) is 0.791. The van der Waals surface area contributed by atoms with Crippen molar-refractivity contribution in [1.82, 2.24) is 0 Å². The number of fused-ring (bicyclic) bond motifs is 8. The second-order valence-corrected chi connectivity index (χ2v) is 32.9. The fourth-order valence-corrected chi connectivity index (χ4v) is 16.5. The van der Waals surface area contributed by atoms with Crippen LogP contribution in [0.5, 0.6) is 23.0 Å². The van der Waals surface area contributed by atoms with Gasteiger partial charge in [-0.1, -0.05) is 486 Å². The zero-order valence-electron chi connectivity index (χ0n) is 69.5. The zero-order chi connectivity index (χ0) is 73.2. The fourth-order valence-electron chi connectivity index (χ4n) is 16.5. The minimum absolute atomic E-state index is 0.741. The summed E-state index contributed by atoms with van der Waals surface area (Å²) < 4.78 is 28.8. The van der Waals surface area contributed by atoms with Crippen LogP contribution in [0, 0.1) is 0 Å². The van der Waals surface area contributed by atoms with Crippen molar-refractivity contribution in [3.05, 3.63) is 117 Å². The number of hydrogen-bond acceptors (Lipinski definition) is 4. The molecular weight excluding hydrogens is 1270 g/mol. The number of benzene rings is 4. The molecule has 104 heavy (non-hydrogen) atoms. The monoisotopic (exact) mass is 1430 g/mol. The largest absolute Gasteiger partial charge is 0.493 e. The van der Waals surface area contributed by atoms with Gasteiger partial charge in [0.1, 0.15) is 23.0 Å². The van der Waals surface area contributed by atoms with Crippen LogP contribution < -0.4 is 18.9 Å². The maximum Gasteiger partial charge on any atom is 0.126 e. The lowest BCUT2D eigenvalue weighted by Gasteiger charge is -2.23. The van der Waals surface area contributed by atoms with Crippen LogP contribution in [0.15, 0.2) is 72.8 Å². The van der Waals surface area contributed by atoms with Gasteiger partial charge < -0.3 is 18.9 Å². The molecule has 0 amide bonds. The molecule has 8 bridgehead atoms. The number of para-hydroxylation sites is 4. The Labute approximate surface area is 646 Å². The molecule has 0 saturated heterocycles. The molecule has 0 fully saturated rings. The third-order valence-corrected chi connectivity index (χ3v) is 23.2. The van der Waals surface area contributed by atoms with Gasteiger partial charge in [-0.3, -0.25) is 0 Å². The van der Waals surface area contributed by atoms with Crippen LogP contribution >= 0.6 is 0 Å². The maximum absolute atomic E-state index is 7.21. The highest BCUT2D eigenvalue weighted by Gasteiger charge is 2.22. The third-order valence-electron chi connectivity index (χ3n) is 23.2. The Kier molecular flexibility index (Phi) is 57.6. The van der Waals surface area contributed by atoms with Gasteiger partial charge in [0, 0.05) is 25.7 Å². The van der Waals surface area contributed by atoms with E-state index < -0.39 is 0 Å². The van der Waals surface area contributed by atoms with Gasteiger partial charge in [0.15, 0.2) is 0 Å². The molecule has 0 N–H and O–H groups in total. The lowest BCUT2D eigenvalue weighted by Crippen LogP contribution is -2.10. The van der Waals surface area contributed by atoms with Gasteiger partial charge in [-0.05, 0) is 70.2 Å². The summed E-state index contributed by atoms with van der Waals surface area (Å²) in [6, 6.07) is 28.0. The molecule has 4 heteroatoms. The van der Waals surface area contributed by atoms with Gasteiger partial charge in [-0.2, -0.15) is 0 Å². The number of ether oxygens (including phenoxy) is 4. The quantitative estimate of drug-likeness (QED) is 0.0364. The summed E-state index contributed by atoms with van der Waals surface area (Å²) >= 11 is 0. The van der Waals surface area contributed by atoms with Crippen LogP contribution in [-0.4, -0.2) is 26.4 Å². The zero-order valence-corrected chi connectivity index (χ0v) is 69.5. The molecule has 0 radical (unpaired) electrons. The minimum atomic E-state index is 0.741. The van der Waals surface area contributed by atoms with Gasteiger partial charge in [-0.15, -0.1) is 0 Å². The van der Waals surface area contributed by atoms with E-state index in [0.717, 1.165) is 101 Å². The van der Waals surface area contributed by atoms with Crippen molar-refractivity contribution >= 4 is 0 Å². The molecule has 592 valence electrons. The van der Waals surface area contributed by atoms with E-state index in [1.807, 2.05) is 0 Å². The van der Waals surface area contributed by atoms with Gasteiger partial charge in [-0.25, -0.2) is 0 Å². The highest BCUT2D eigenvalue weighted by atomic mass is 16.5. The van der Waals surface area contributed by atoms with Crippen LogP contribution in [-0.2, 0) is 25.7 Å². The van der Waals surface area contributed by atoms with E-state index >= 15 is 0 Å². The molecule has 0 saturated carbocycles. The average molecular weight is 1430 g/mol. The van der Waals surface area contributed by atoms with Crippen molar-refractivity contribution in [2.45, 2.75) is 464 Å². The molecule has 4 aromatic carbocycles. The SMILES string of the molecule is CCCCCCCCCCCCCCCCCCOc1c2cccc1Cc1cccc(c1OCCCCCCCCCCCCCCCCCC)Cc1cccc(c1OCCCCCCCCCCCCCCCCCC)Cc1cccc(c1OCCCCCCCCCCCCCCCCCC)C2. The van der Waals surface area contributed by atoms with Crippen molar-refractivity contribution in [3.8, 4) is 23.0 Å². The Morgan fingerprint density at radius 2 is 0.260 bits per heavy atom. The first-order valence-electron chi connectivity index (χ1n) is 46.6. The van der Waals surface area contributed by atoms with E-state index in [2.05, 4.69) is 100 Å². The molecule has 0 unspecified atom stereocenters. The van der Waals surface area contributed by atoms with E-state index in [-0.39, 0.29) is 0 Å². The van der Waals surface area contributed by atoms with Gasteiger partial charge in [0.05, 0.1) is 26.4 Å². The highest BCUT2D eigenvalue weighted by molar-refractivity contribution is 5.56. The molecule has 0 aromatic heterocycles. The topological polar surface area (TPSA) is 36.9 Å². The van der Waals surface area contributed by atoms with E-state index in [4.69, 9.17) is 18.9 Å². The van der Waals surface area contributed by atoms with Crippen LogP contribution in [0.3, 0.4) is 0 Å².